The predicted octanol–water partition coefficient (Wildman–Crippen LogP) is 7.16. The molecule has 0 saturated heterocycles. The van der Waals surface area contributed by atoms with E-state index in [1.165, 1.54) is 32.7 Å². The summed E-state index contributed by atoms with van der Waals surface area (Å²) in [5.41, 5.74) is 2.77. The number of aryl methyl sites for hydroxylation is 4. The minimum atomic E-state index is 0.933. The summed E-state index contributed by atoms with van der Waals surface area (Å²) in [7, 11) is 0. The Morgan fingerprint density at radius 3 is 1.38 bits per heavy atom. The summed E-state index contributed by atoms with van der Waals surface area (Å²) in [5.74, 6) is 2.15. The zero-order valence-corrected chi connectivity index (χ0v) is 16.5. The largest absolute Gasteiger partial charge is 0.466 e. The van der Waals surface area contributed by atoms with Crippen LogP contribution in [0.5, 0.6) is 0 Å². The van der Waals surface area contributed by atoms with E-state index in [0.717, 1.165) is 37.2 Å². The van der Waals surface area contributed by atoms with Crippen LogP contribution in [0.1, 0.15) is 22.6 Å². The van der Waals surface area contributed by atoms with E-state index in [0.29, 0.717) is 0 Å². The molecule has 0 aliphatic carbocycles. The average molecular weight is 376 g/mol. The summed E-state index contributed by atoms with van der Waals surface area (Å²) in [6, 6.07) is 34.6. The second-order valence-corrected chi connectivity index (χ2v) is 7.64. The molecule has 1 heteroatoms. The molecule has 0 atom stereocenters. The summed E-state index contributed by atoms with van der Waals surface area (Å²) in [6.45, 7) is 0. The number of hydrogen-bond acceptors (Lipinski definition) is 1. The second kappa shape index (κ2) is 7.97. The quantitative estimate of drug-likeness (QED) is 0.306. The maximum absolute atomic E-state index is 6.15. The van der Waals surface area contributed by atoms with E-state index < -0.39 is 0 Å². The molecule has 1 nitrogen and oxygen atoms in total. The van der Waals surface area contributed by atoms with Gasteiger partial charge in [-0.3, -0.25) is 0 Å². The van der Waals surface area contributed by atoms with E-state index >= 15 is 0 Å². The Bertz CT molecular complexity index is 1150. The minimum Gasteiger partial charge on any atom is -0.466 e. The van der Waals surface area contributed by atoms with Crippen LogP contribution in [0.4, 0.5) is 0 Å². The molecule has 4 aromatic carbocycles. The topological polar surface area (TPSA) is 13.1 Å². The summed E-state index contributed by atoms with van der Waals surface area (Å²) in [6.07, 6.45) is 3.86. The maximum Gasteiger partial charge on any atom is 0.104 e. The third-order valence-electron chi connectivity index (χ3n) is 5.76. The fraction of sp³-hybridized carbons (Fsp3) is 0.143. The molecule has 1 heterocycles. The molecule has 0 amide bonds. The average Bonchev–Trinajstić information content (AvgIpc) is 3.24. The highest BCUT2D eigenvalue weighted by atomic mass is 16.3. The van der Waals surface area contributed by atoms with Crippen molar-refractivity contribution in [2.24, 2.45) is 0 Å². The van der Waals surface area contributed by atoms with Crippen molar-refractivity contribution in [1.29, 1.82) is 0 Å². The zero-order valence-electron chi connectivity index (χ0n) is 16.5. The Morgan fingerprint density at radius 1 is 0.414 bits per heavy atom. The van der Waals surface area contributed by atoms with Crippen LogP contribution in [0.15, 0.2) is 101 Å². The van der Waals surface area contributed by atoms with Crippen LogP contribution in [-0.4, -0.2) is 0 Å². The van der Waals surface area contributed by atoms with Crippen molar-refractivity contribution >= 4 is 21.5 Å². The molecular formula is C28H24O. The van der Waals surface area contributed by atoms with Gasteiger partial charge in [-0.2, -0.15) is 0 Å². The molecular weight excluding hydrogens is 352 g/mol. The van der Waals surface area contributed by atoms with Gasteiger partial charge in [0.15, 0.2) is 0 Å². The van der Waals surface area contributed by atoms with Gasteiger partial charge in [0, 0.05) is 12.8 Å². The highest BCUT2D eigenvalue weighted by Gasteiger charge is 2.07. The van der Waals surface area contributed by atoms with Crippen molar-refractivity contribution < 1.29 is 4.42 Å². The molecule has 142 valence electrons. The highest BCUT2D eigenvalue weighted by Crippen LogP contribution is 2.23. The highest BCUT2D eigenvalue weighted by molar-refractivity contribution is 5.86. The van der Waals surface area contributed by atoms with Crippen molar-refractivity contribution in [3.05, 3.63) is 120 Å². The lowest BCUT2D eigenvalue weighted by atomic mass is 10.0. The lowest BCUT2D eigenvalue weighted by Crippen LogP contribution is -1.92. The first kappa shape index (κ1) is 17.8. The fourth-order valence-electron chi connectivity index (χ4n) is 4.23. The first-order valence-corrected chi connectivity index (χ1v) is 10.4. The molecule has 1 aromatic heterocycles. The molecule has 0 bridgehead atoms. The van der Waals surface area contributed by atoms with Crippen LogP contribution in [0.3, 0.4) is 0 Å². The Morgan fingerprint density at radius 2 is 0.862 bits per heavy atom. The van der Waals surface area contributed by atoms with E-state index in [1.807, 2.05) is 0 Å². The molecule has 0 radical (unpaired) electrons. The van der Waals surface area contributed by atoms with Crippen molar-refractivity contribution in [3.8, 4) is 0 Å². The van der Waals surface area contributed by atoms with Gasteiger partial charge < -0.3 is 4.42 Å². The van der Waals surface area contributed by atoms with E-state index in [1.54, 1.807) is 0 Å². The number of hydrogen-bond donors (Lipinski definition) is 0. The van der Waals surface area contributed by atoms with Gasteiger partial charge in [0.2, 0.25) is 0 Å². The fourth-order valence-corrected chi connectivity index (χ4v) is 4.23. The van der Waals surface area contributed by atoms with Crippen LogP contribution in [0.25, 0.3) is 21.5 Å². The summed E-state index contributed by atoms with van der Waals surface area (Å²) < 4.78 is 6.15. The smallest absolute Gasteiger partial charge is 0.104 e. The third kappa shape index (κ3) is 3.82. The van der Waals surface area contributed by atoms with Gasteiger partial charge in [-0.15, -0.1) is 0 Å². The van der Waals surface area contributed by atoms with Gasteiger partial charge in [-0.1, -0.05) is 84.9 Å². The van der Waals surface area contributed by atoms with Gasteiger partial charge >= 0.3 is 0 Å². The normalized spacial score (nSPS) is 11.3. The van der Waals surface area contributed by atoms with Gasteiger partial charge in [-0.25, -0.2) is 0 Å². The second-order valence-electron chi connectivity index (χ2n) is 7.64. The lowest BCUT2D eigenvalue weighted by Gasteiger charge is -2.06. The third-order valence-corrected chi connectivity index (χ3v) is 5.76. The Kier molecular flexibility index (Phi) is 4.88. The molecule has 5 rings (SSSR count). The molecule has 0 aliphatic rings. The van der Waals surface area contributed by atoms with Crippen LogP contribution in [0.2, 0.25) is 0 Å². The molecule has 0 aliphatic heterocycles. The molecule has 0 fully saturated rings. The Balaban J connectivity index is 1.26. The van der Waals surface area contributed by atoms with Crippen molar-refractivity contribution in [2.45, 2.75) is 25.7 Å². The van der Waals surface area contributed by atoms with Crippen LogP contribution in [-0.2, 0) is 25.7 Å². The predicted molar refractivity (Wildman–Crippen MR) is 121 cm³/mol. The van der Waals surface area contributed by atoms with E-state index in [9.17, 15) is 0 Å². The summed E-state index contributed by atoms with van der Waals surface area (Å²) in [4.78, 5) is 0. The monoisotopic (exact) mass is 376 g/mol. The van der Waals surface area contributed by atoms with Crippen LogP contribution < -0.4 is 0 Å². The van der Waals surface area contributed by atoms with E-state index in [2.05, 4.69) is 97.1 Å². The summed E-state index contributed by atoms with van der Waals surface area (Å²) >= 11 is 0. The lowest BCUT2D eigenvalue weighted by molar-refractivity contribution is 0.464. The van der Waals surface area contributed by atoms with Crippen molar-refractivity contribution in [3.63, 3.8) is 0 Å². The molecule has 29 heavy (non-hydrogen) atoms. The SMILES string of the molecule is c1ccc2c(CCc3ccc(CCc4cccc5ccccc45)o3)cccc2c1. The van der Waals surface area contributed by atoms with Gasteiger partial charge in [-0.05, 0) is 57.6 Å². The Labute approximate surface area is 171 Å². The maximum atomic E-state index is 6.15. The number of furan rings is 1. The molecule has 0 unspecified atom stereocenters. The van der Waals surface area contributed by atoms with Crippen molar-refractivity contribution in [1.82, 2.24) is 0 Å². The number of benzene rings is 4. The van der Waals surface area contributed by atoms with E-state index in [-0.39, 0.29) is 0 Å². The summed E-state index contributed by atoms with van der Waals surface area (Å²) in [5, 5.41) is 5.30. The number of fused-ring (bicyclic) bond motifs is 2. The van der Waals surface area contributed by atoms with Crippen LogP contribution >= 0.6 is 0 Å². The zero-order chi connectivity index (χ0) is 19.5. The minimum absolute atomic E-state index is 0.933. The van der Waals surface area contributed by atoms with Gasteiger partial charge in [0.1, 0.15) is 11.5 Å². The first-order valence-electron chi connectivity index (χ1n) is 10.4. The molecule has 0 saturated carbocycles. The van der Waals surface area contributed by atoms with Gasteiger partial charge in [0.05, 0.1) is 0 Å². The number of rotatable bonds is 6. The standard InChI is InChI=1S/C28H24O/c1-3-13-27-21(7-1)9-5-11-23(27)15-17-25-19-20-26(29-25)18-16-24-12-6-10-22-8-2-4-14-28(22)24/h1-14,19-20H,15-18H2. The van der Waals surface area contributed by atoms with Crippen LogP contribution in [0, 0.1) is 0 Å². The molecule has 0 N–H and O–H groups in total. The van der Waals surface area contributed by atoms with Crippen molar-refractivity contribution in [2.75, 3.05) is 0 Å². The van der Waals surface area contributed by atoms with E-state index in [4.69, 9.17) is 4.42 Å². The molecule has 5 aromatic rings. The Hall–Kier alpha value is -3.32. The molecule has 0 spiro atoms. The van der Waals surface area contributed by atoms with Gasteiger partial charge in [0.25, 0.3) is 0 Å². The first-order chi connectivity index (χ1) is 14.4.